The molecule has 1 saturated heterocycles. The van der Waals surface area contributed by atoms with Crippen LogP contribution in [0.2, 0.25) is 0 Å². The van der Waals surface area contributed by atoms with Crippen LogP contribution in [0, 0.1) is 5.82 Å². The highest BCUT2D eigenvalue weighted by molar-refractivity contribution is 5.84. The lowest BCUT2D eigenvalue weighted by Crippen LogP contribution is -2.36. The van der Waals surface area contributed by atoms with E-state index >= 15 is 0 Å². The largest absolute Gasteiger partial charge is 0.507 e. The summed E-state index contributed by atoms with van der Waals surface area (Å²) in [6.45, 7) is 3.88. The fraction of sp³-hybridized carbons (Fsp3) is 0.381. The van der Waals surface area contributed by atoms with Crippen LogP contribution in [0.5, 0.6) is 5.75 Å². The van der Waals surface area contributed by atoms with E-state index < -0.39 is 0 Å². The van der Waals surface area contributed by atoms with Gasteiger partial charge in [-0.05, 0) is 50.1 Å². The number of hydrogen-bond donors (Lipinski definition) is 1. The van der Waals surface area contributed by atoms with Gasteiger partial charge in [0.15, 0.2) is 5.58 Å². The summed E-state index contributed by atoms with van der Waals surface area (Å²) < 4.78 is 19.6. The van der Waals surface area contributed by atoms with Crippen LogP contribution in [0.4, 0.5) is 4.39 Å². The fourth-order valence-corrected chi connectivity index (χ4v) is 3.80. The van der Waals surface area contributed by atoms with Gasteiger partial charge >= 0.3 is 0 Å². The summed E-state index contributed by atoms with van der Waals surface area (Å²) >= 11 is 0. The molecular formula is C21H23FN2O2. The Kier molecular flexibility index (Phi) is 4.64. The van der Waals surface area contributed by atoms with Crippen LogP contribution in [0.15, 0.2) is 40.9 Å². The van der Waals surface area contributed by atoms with Crippen molar-refractivity contribution in [2.24, 2.45) is 0 Å². The monoisotopic (exact) mass is 354 g/mol. The molecule has 4 rings (SSSR count). The second-order valence-electron chi connectivity index (χ2n) is 7.15. The van der Waals surface area contributed by atoms with Gasteiger partial charge in [0.1, 0.15) is 11.6 Å². The van der Waals surface area contributed by atoms with E-state index in [0.717, 1.165) is 17.5 Å². The van der Waals surface area contributed by atoms with E-state index in [4.69, 9.17) is 4.52 Å². The molecule has 5 heteroatoms. The molecule has 1 aliphatic heterocycles. The molecule has 26 heavy (non-hydrogen) atoms. The zero-order chi connectivity index (χ0) is 18.1. The van der Waals surface area contributed by atoms with Gasteiger partial charge < -0.3 is 9.63 Å². The first-order valence-corrected chi connectivity index (χ1v) is 9.20. The van der Waals surface area contributed by atoms with E-state index in [1.165, 1.54) is 25.3 Å². The molecule has 1 unspecified atom stereocenters. The maximum atomic E-state index is 14.0. The van der Waals surface area contributed by atoms with Gasteiger partial charge in [0, 0.05) is 24.4 Å². The molecule has 0 amide bonds. The zero-order valence-electron chi connectivity index (χ0n) is 14.9. The Balaban J connectivity index is 1.68. The third-order valence-corrected chi connectivity index (χ3v) is 5.41. The number of aromatic hydroxyl groups is 1. The Bertz CT molecular complexity index is 922. The standard InChI is InChI=1S/C21H23FN2O2/c1-14-6-4-5-11-24(14)13-17-20(25)10-9-16-19(23-26-21(16)17)12-15-7-2-3-8-18(15)22/h2-3,7-10,14,25H,4-6,11-13H2,1H3. The molecule has 0 bridgehead atoms. The molecule has 2 aromatic carbocycles. The van der Waals surface area contributed by atoms with Gasteiger partial charge in [-0.25, -0.2) is 4.39 Å². The number of aromatic nitrogens is 1. The minimum Gasteiger partial charge on any atom is -0.507 e. The number of benzene rings is 2. The van der Waals surface area contributed by atoms with Crippen LogP contribution in [0.1, 0.15) is 43.0 Å². The highest BCUT2D eigenvalue weighted by atomic mass is 19.1. The third kappa shape index (κ3) is 3.19. The van der Waals surface area contributed by atoms with Crippen molar-refractivity contribution < 1.29 is 14.0 Å². The maximum Gasteiger partial charge on any atom is 0.175 e. The molecule has 1 aromatic heterocycles. The predicted octanol–water partition coefficient (Wildman–Crippen LogP) is 4.64. The molecule has 0 radical (unpaired) electrons. The average Bonchev–Trinajstić information content (AvgIpc) is 3.04. The number of phenolic OH excluding ortho intramolecular Hbond substituents is 1. The fourth-order valence-electron chi connectivity index (χ4n) is 3.80. The summed E-state index contributed by atoms with van der Waals surface area (Å²) in [7, 11) is 0. The Morgan fingerprint density at radius 2 is 2.08 bits per heavy atom. The predicted molar refractivity (Wildman–Crippen MR) is 98.6 cm³/mol. The van der Waals surface area contributed by atoms with Crippen LogP contribution in [-0.4, -0.2) is 27.7 Å². The molecular weight excluding hydrogens is 331 g/mol. The molecule has 1 atom stereocenters. The first-order valence-electron chi connectivity index (χ1n) is 9.20. The minimum atomic E-state index is -0.246. The van der Waals surface area contributed by atoms with Crippen molar-refractivity contribution in [3.63, 3.8) is 0 Å². The van der Waals surface area contributed by atoms with E-state index in [1.54, 1.807) is 24.3 Å². The quantitative estimate of drug-likeness (QED) is 0.742. The Labute approximate surface area is 152 Å². The van der Waals surface area contributed by atoms with Crippen molar-refractivity contribution in [3.8, 4) is 5.75 Å². The lowest BCUT2D eigenvalue weighted by atomic mass is 10.0. The third-order valence-electron chi connectivity index (χ3n) is 5.41. The van der Waals surface area contributed by atoms with Gasteiger partial charge in [-0.3, -0.25) is 4.90 Å². The molecule has 3 aromatic rings. The first kappa shape index (κ1) is 17.0. The van der Waals surface area contributed by atoms with Gasteiger partial charge in [0.05, 0.1) is 11.3 Å². The Hall–Kier alpha value is -2.40. The number of nitrogens with zero attached hydrogens (tertiary/aromatic N) is 2. The van der Waals surface area contributed by atoms with Crippen molar-refractivity contribution in [1.29, 1.82) is 0 Å². The average molecular weight is 354 g/mol. The van der Waals surface area contributed by atoms with Gasteiger partial charge in [-0.1, -0.05) is 29.8 Å². The number of fused-ring (bicyclic) bond motifs is 1. The summed E-state index contributed by atoms with van der Waals surface area (Å²) in [5.74, 6) is -0.0198. The summed E-state index contributed by atoms with van der Waals surface area (Å²) in [5.41, 5.74) is 2.65. The second-order valence-corrected chi connectivity index (χ2v) is 7.15. The van der Waals surface area contributed by atoms with E-state index in [9.17, 15) is 9.50 Å². The number of phenols is 1. The van der Waals surface area contributed by atoms with Crippen LogP contribution in [0.25, 0.3) is 11.0 Å². The highest BCUT2D eigenvalue weighted by Gasteiger charge is 2.23. The van der Waals surface area contributed by atoms with E-state index in [1.807, 2.05) is 6.07 Å². The molecule has 1 aliphatic rings. The van der Waals surface area contributed by atoms with Crippen LogP contribution < -0.4 is 0 Å². The molecule has 0 aliphatic carbocycles. The molecule has 1 N–H and O–H groups in total. The van der Waals surface area contributed by atoms with Gasteiger partial charge in [0.25, 0.3) is 0 Å². The molecule has 136 valence electrons. The van der Waals surface area contributed by atoms with Crippen molar-refractivity contribution in [3.05, 3.63) is 59.0 Å². The molecule has 4 nitrogen and oxygen atoms in total. The smallest absolute Gasteiger partial charge is 0.175 e. The summed E-state index contributed by atoms with van der Waals surface area (Å²) in [5, 5.41) is 15.4. The van der Waals surface area contributed by atoms with Crippen molar-refractivity contribution in [1.82, 2.24) is 10.1 Å². The number of hydrogen-bond acceptors (Lipinski definition) is 4. The summed E-state index contributed by atoms with van der Waals surface area (Å²) in [4.78, 5) is 2.37. The summed E-state index contributed by atoms with van der Waals surface area (Å²) in [6.07, 6.45) is 3.97. The highest BCUT2D eigenvalue weighted by Crippen LogP contribution is 2.33. The van der Waals surface area contributed by atoms with Crippen molar-refractivity contribution >= 4 is 11.0 Å². The van der Waals surface area contributed by atoms with Crippen molar-refractivity contribution in [2.45, 2.75) is 45.2 Å². The lowest BCUT2D eigenvalue weighted by molar-refractivity contribution is 0.151. The Morgan fingerprint density at radius 3 is 2.88 bits per heavy atom. The number of likely N-dealkylation sites (tertiary alicyclic amines) is 1. The van der Waals surface area contributed by atoms with E-state index in [-0.39, 0.29) is 11.6 Å². The topological polar surface area (TPSA) is 49.5 Å². The van der Waals surface area contributed by atoms with Crippen LogP contribution >= 0.6 is 0 Å². The van der Waals surface area contributed by atoms with Crippen LogP contribution in [-0.2, 0) is 13.0 Å². The zero-order valence-corrected chi connectivity index (χ0v) is 14.9. The number of rotatable bonds is 4. The van der Waals surface area contributed by atoms with Gasteiger partial charge in [-0.15, -0.1) is 0 Å². The Morgan fingerprint density at radius 1 is 1.23 bits per heavy atom. The van der Waals surface area contributed by atoms with E-state index in [2.05, 4.69) is 17.0 Å². The van der Waals surface area contributed by atoms with E-state index in [0.29, 0.717) is 35.8 Å². The lowest BCUT2D eigenvalue weighted by Gasteiger charge is -2.33. The second kappa shape index (κ2) is 7.08. The number of halogens is 1. The van der Waals surface area contributed by atoms with Gasteiger partial charge in [-0.2, -0.15) is 0 Å². The molecule has 2 heterocycles. The molecule has 1 fully saturated rings. The van der Waals surface area contributed by atoms with Gasteiger partial charge in [0.2, 0.25) is 0 Å². The van der Waals surface area contributed by atoms with Crippen molar-refractivity contribution in [2.75, 3.05) is 6.54 Å². The molecule has 0 saturated carbocycles. The first-order chi connectivity index (χ1) is 12.6. The number of piperidine rings is 1. The molecule has 0 spiro atoms. The SMILES string of the molecule is CC1CCCCN1Cc1c(O)ccc2c(Cc3ccccc3F)noc12. The normalized spacial score (nSPS) is 18.5. The maximum absolute atomic E-state index is 14.0. The van der Waals surface area contributed by atoms with Crippen LogP contribution in [0.3, 0.4) is 0 Å². The summed E-state index contributed by atoms with van der Waals surface area (Å²) in [6, 6.07) is 10.7. The minimum absolute atomic E-state index is 0.226.